The van der Waals surface area contributed by atoms with Gasteiger partial charge in [-0.3, -0.25) is 9.48 Å². The van der Waals surface area contributed by atoms with Crippen molar-refractivity contribution < 1.29 is 9.53 Å². The number of hydrogen-bond donors (Lipinski definition) is 1. The first-order chi connectivity index (χ1) is 13.0. The van der Waals surface area contributed by atoms with Gasteiger partial charge in [0.05, 0.1) is 18.1 Å². The number of anilines is 2. The Hall–Kier alpha value is -2.61. The number of aromatic nitrogens is 4. The molecule has 1 amide bonds. The first-order valence-corrected chi connectivity index (χ1v) is 9.18. The Bertz CT molecular complexity index is 824. The van der Waals surface area contributed by atoms with E-state index < -0.39 is 0 Å². The summed E-state index contributed by atoms with van der Waals surface area (Å²) in [5, 5.41) is 7.52. The van der Waals surface area contributed by atoms with E-state index >= 15 is 0 Å². The maximum atomic E-state index is 11.9. The third-order valence-electron chi connectivity index (χ3n) is 4.62. The van der Waals surface area contributed by atoms with Crippen LogP contribution in [0.1, 0.15) is 25.7 Å². The van der Waals surface area contributed by atoms with Gasteiger partial charge in [0.1, 0.15) is 11.1 Å². The smallest absolute Gasteiger partial charge is 0.245 e. The fraction of sp³-hybridized carbons (Fsp3) is 0.444. The molecule has 1 aliphatic rings. The number of nitrogens with one attached hydrogen (secondary N) is 1. The van der Waals surface area contributed by atoms with E-state index in [1.54, 1.807) is 22.8 Å². The van der Waals surface area contributed by atoms with E-state index in [2.05, 4.69) is 27.0 Å². The van der Waals surface area contributed by atoms with Crippen molar-refractivity contribution in [2.75, 3.05) is 12.4 Å². The van der Waals surface area contributed by atoms with Crippen LogP contribution in [0.2, 0.25) is 5.02 Å². The Morgan fingerprint density at radius 2 is 2.30 bits per heavy atom. The Balaban J connectivity index is 1.68. The summed E-state index contributed by atoms with van der Waals surface area (Å²) in [6.45, 7) is 3.55. The van der Waals surface area contributed by atoms with E-state index in [1.807, 2.05) is 13.2 Å². The molecular weight excluding hydrogens is 368 g/mol. The average molecular weight is 391 g/mol. The van der Waals surface area contributed by atoms with Crippen LogP contribution in [-0.4, -0.2) is 49.7 Å². The van der Waals surface area contributed by atoms with E-state index in [4.69, 9.17) is 16.3 Å². The van der Waals surface area contributed by atoms with Crippen molar-refractivity contribution in [3.05, 3.63) is 36.3 Å². The van der Waals surface area contributed by atoms with Gasteiger partial charge >= 0.3 is 0 Å². The number of amides is 1. The zero-order valence-corrected chi connectivity index (χ0v) is 16.2. The normalized spacial score (nSPS) is 19.4. The van der Waals surface area contributed by atoms with Gasteiger partial charge < -0.3 is 15.0 Å². The molecular formula is C18H23ClN6O2. The molecule has 2 aromatic rings. The summed E-state index contributed by atoms with van der Waals surface area (Å²) in [5.74, 6) is 0.638. The number of ether oxygens (including phenoxy) is 1. The molecule has 1 N–H and O–H groups in total. The van der Waals surface area contributed by atoms with Crippen molar-refractivity contribution in [1.82, 2.24) is 24.6 Å². The van der Waals surface area contributed by atoms with E-state index in [1.165, 1.54) is 12.3 Å². The molecule has 0 saturated heterocycles. The van der Waals surface area contributed by atoms with E-state index in [0.29, 0.717) is 16.9 Å². The highest BCUT2D eigenvalue weighted by Gasteiger charge is 2.28. The van der Waals surface area contributed by atoms with E-state index in [0.717, 1.165) is 31.4 Å². The molecule has 2 aromatic heterocycles. The second-order valence-corrected chi connectivity index (χ2v) is 7.00. The summed E-state index contributed by atoms with van der Waals surface area (Å²) in [7, 11) is 3.63. The van der Waals surface area contributed by atoms with E-state index in [9.17, 15) is 4.79 Å². The standard InChI is InChI=1S/C18H23ClN6O2/c1-4-16(26)25(3)13-6-5-7-14(8-13)27-17-15(19)10-20-18(23-17)22-12-9-21-24(2)11-12/h4,9-11,13-14H,1,5-8H2,2-3H3,(H,20,22,23). The van der Waals surface area contributed by atoms with Crippen molar-refractivity contribution in [3.63, 3.8) is 0 Å². The van der Waals surface area contributed by atoms with Crippen LogP contribution in [0.3, 0.4) is 0 Å². The zero-order valence-electron chi connectivity index (χ0n) is 15.4. The van der Waals surface area contributed by atoms with Crippen LogP contribution in [0.4, 0.5) is 11.6 Å². The molecule has 0 aromatic carbocycles. The fourth-order valence-corrected chi connectivity index (χ4v) is 3.31. The van der Waals surface area contributed by atoms with Gasteiger partial charge in [0, 0.05) is 32.8 Å². The van der Waals surface area contributed by atoms with Gasteiger partial charge in [0.25, 0.3) is 0 Å². The highest BCUT2D eigenvalue weighted by atomic mass is 35.5. The van der Waals surface area contributed by atoms with Crippen molar-refractivity contribution in [2.45, 2.75) is 37.8 Å². The molecule has 2 heterocycles. The number of likely N-dealkylation sites (N-methyl/N-ethyl adjacent to an activating group) is 1. The van der Waals surface area contributed by atoms with Gasteiger partial charge in [-0.25, -0.2) is 4.98 Å². The Labute approximate surface area is 163 Å². The predicted molar refractivity (Wildman–Crippen MR) is 103 cm³/mol. The highest BCUT2D eigenvalue weighted by Crippen LogP contribution is 2.30. The van der Waals surface area contributed by atoms with Crippen LogP contribution >= 0.6 is 11.6 Å². The highest BCUT2D eigenvalue weighted by molar-refractivity contribution is 6.31. The number of aryl methyl sites for hydroxylation is 1. The SMILES string of the molecule is C=CC(=O)N(C)C1CCCC(Oc2nc(Nc3cnn(C)c3)ncc2Cl)C1. The molecule has 1 aliphatic carbocycles. The van der Waals surface area contributed by atoms with Gasteiger partial charge in [-0.1, -0.05) is 18.2 Å². The molecule has 1 saturated carbocycles. The lowest BCUT2D eigenvalue weighted by Crippen LogP contribution is -2.42. The third kappa shape index (κ3) is 4.77. The second kappa shape index (κ2) is 8.39. The molecule has 0 aliphatic heterocycles. The first kappa shape index (κ1) is 19.2. The lowest BCUT2D eigenvalue weighted by Gasteiger charge is -2.34. The van der Waals surface area contributed by atoms with Crippen LogP contribution in [0.15, 0.2) is 31.2 Å². The van der Waals surface area contributed by atoms with Crippen LogP contribution in [0.25, 0.3) is 0 Å². The Kier molecular flexibility index (Phi) is 5.95. The van der Waals surface area contributed by atoms with Gasteiger partial charge in [0.15, 0.2) is 0 Å². The molecule has 2 unspecified atom stereocenters. The maximum absolute atomic E-state index is 11.9. The number of rotatable bonds is 6. The molecule has 8 nitrogen and oxygen atoms in total. The lowest BCUT2D eigenvalue weighted by atomic mass is 9.92. The number of halogens is 1. The molecule has 9 heteroatoms. The molecule has 0 bridgehead atoms. The number of nitrogens with zero attached hydrogens (tertiary/aromatic N) is 5. The molecule has 2 atom stereocenters. The largest absolute Gasteiger partial charge is 0.473 e. The van der Waals surface area contributed by atoms with Crippen LogP contribution in [0, 0.1) is 0 Å². The lowest BCUT2D eigenvalue weighted by molar-refractivity contribution is -0.127. The quantitative estimate of drug-likeness (QED) is 0.763. The topological polar surface area (TPSA) is 85.2 Å². The molecule has 27 heavy (non-hydrogen) atoms. The minimum Gasteiger partial charge on any atom is -0.473 e. The number of carbonyl (C=O) groups excluding carboxylic acids is 1. The Morgan fingerprint density at radius 3 is 3.00 bits per heavy atom. The summed E-state index contributed by atoms with van der Waals surface area (Å²) in [5.41, 5.74) is 0.771. The van der Waals surface area contributed by atoms with Gasteiger partial charge in [-0.2, -0.15) is 10.1 Å². The summed E-state index contributed by atoms with van der Waals surface area (Å²) >= 11 is 6.22. The molecule has 144 valence electrons. The minimum absolute atomic E-state index is 0.0672. The molecule has 0 spiro atoms. The van der Waals surface area contributed by atoms with Gasteiger partial charge in [0.2, 0.25) is 17.7 Å². The van der Waals surface area contributed by atoms with Crippen LogP contribution in [-0.2, 0) is 11.8 Å². The van der Waals surface area contributed by atoms with Crippen LogP contribution < -0.4 is 10.1 Å². The minimum atomic E-state index is -0.0799. The summed E-state index contributed by atoms with van der Waals surface area (Å²) in [6, 6.07) is 0.114. The van der Waals surface area contributed by atoms with Crippen molar-refractivity contribution in [2.24, 2.45) is 7.05 Å². The average Bonchev–Trinajstić information content (AvgIpc) is 3.08. The van der Waals surface area contributed by atoms with Crippen molar-refractivity contribution >= 4 is 29.1 Å². The third-order valence-corrected chi connectivity index (χ3v) is 4.88. The van der Waals surface area contributed by atoms with Crippen molar-refractivity contribution in [3.8, 4) is 5.88 Å². The Morgan fingerprint density at radius 1 is 1.48 bits per heavy atom. The molecule has 0 radical (unpaired) electrons. The summed E-state index contributed by atoms with van der Waals surface area (Å²) in [4.78, 5) is 22.1. The van der Waals surface area contributed by atoms with E-state index in [-0.39, 0.29) is 18.1 Å². The summed E-state index contributed by atoms with van der Waals surface area (Å²) in [6.07, 6.45) is 9.79. The monoisotopic (exact) mass is 390 g/mol. The molecule has 1 fully saturated rings. The second-order valence-electron chi connectivity index (χ2n) is 6.59. The van der Waals surface area contributed by atoms with Crippen molar-refractivity contribution in [1.29, 1.82) is 0 Å². The number of carbonyl (C=O) groups is 1. The summed E-state index contributed by atoms with van der Waals surface area (Å²) < 4.78 is 7.74. The molecule has 3 rings (SSSR count). The number of hydrogen-bond acceptors (Lipinski definition) is 6. The van der Waals surface area contributed by atoms with Gasteiger partial charge in [-0.15, -0.1) is 0 Å². The van der Waals surface area contributed by atoms with Gasteiger partial charge in [-0.05, 0) is 25.3 Å². The first-order valence-electron chi connectivity index (χ1n) is 8.80. The van der Waals surface area contributed by atoms with Crippen LogP contribution in [0.5, 0.6) is 5.88 Å². The maximum Gasteiger partial charge on any atom is 0.245 e. The fourth-order valence-electron chi connectivity index (χ4n) is 3.17. The predicted octanol–water partition coefficient (Wildman–Crippen LogP) is 2.94. The zero-order chi connectivity index (χ0) is 19.4.